The normalized spacial score (nSPS) is 16.4. The summed E-state index contributed by atoms with van der Waals surface area (Å²) in [6.45, 7) is 4.86. The highest BCUT2D eigenvalue weighted by atomic mass is 35.5. The Morgan fingerprint density at radius 2 is 1.86 bits per heavy atom. The van der Waals surface area contributed by atoms with Crippen LogP contribution in [-0.2, 0) is 11.2 Å². The Hall–Kier alpha value is -1.95. The van der Waals surface area contributed by atoms with Crippen molar-refractivity contribution in [3.05, 3.63) is 58.1 Å². The van der Waals surface area contributed by atoms with Crippen LogP contribution in [0.15, 0.2) is 42.5 Å². The van der Waals surface area contributed by atoms with Crippen molar-refractivity contribution in [1.82, 2.24) is 10.2 Å². The molecular weight excluding hydrogens is 407 g/mol. The summed E-state index contributed by atoms with van der Waals surface area (Å²) in [4.78, 5) is 15.0. The molecule has 4 N–H and O–H groups in total. The quantitative estimate of drug-likeness (QED) is 0.571. The van der Waals surface area contributed by atoms with Gasteiger partial charge in [0.2, 0.25) is 5.91 Å². The number of nitrogen functional groups attached to an aromatic ring is 1. The third-order valence-electron chi connectivity index (χ3n) is 5.35. The average Bonchev–Trinajstić information content (AvgIpc) is 2.72. The maximum Gasteiger partial charge on any atom is 0.242 e. The minimum absolute atomic E-state index is 0.0447. The Balaban J connectivity index is 1.42. The van der Waals surface area contributed by atoms with E-state index in [1.165, 1.54) is 5.56 Å². The minimum atomic E-state index is -0.427. The summed E-state index contributed by atoms with van der Waals surface area (Å²) >= 11 is 12.2. The number of carbonyl (C=O) groups excluding carboxylic acids is 1. The number of nitrogens with zero attached hydrogens (tertiary/aromatic N) is 1. The number of hydrogen-bond donors (Lipinski definition) is 3. The zero-order chi connectivity index (χ0) is 20.8. The van der Waals surface area contributed by atoms with E-state index in [1.807, 2.05) is 13.0 Å². The fraction of sp³-hybridized carbons (Fsp3) is 0.409. The fourth-order valence-electron chi connectivity index (χ4n) is 3.53. The molecule has 0 saturated carbocycles. The molecule has 0 radical (unpaired) electrons. The highest BCUT2D eigenvalue weighted by molar-refractivity contribution is 6.37. The van der Waals surface area contributed by atoms with E-state index >= 15 is 0 Å². The van der Waals surface area contributed by atoms with Gasteiger partial charge in [0.25, 0.3) is 0 Å². The second-order valence-corrected chi connectivity index (χ2v) is 8.39. The maximum absolute atomic E-state index is 12.6. The molecule has 1 aliphatic heterocycles. The lowest BCUT2D eigenvalue weighted by Gasteiger charge is -2.33. The monoisotopic (exact) mass is 434 g/mol. The van der Waals surface area contributed by atoms with Crippen molar-refractivity contribution in [3.63, 3.8) is 0 Å². The molecule has 0 aliphatic carbocycles. The summed E-state index contributed by atoms with van der Waals surface area (Å²) in [5, 5.41) is 7.12. The van der Waals surface area contributed by atoms with Crippen LogP contribution in [-0.4, -0.2) is 42.5 Å². The Morgan fingerprint density at radius 1 is 1.17 bits per heavy atom. The minimum Gasteiger partial charge on any atom is -0.397 e. The van der Waals surface area contributed by atoms with E-state index in [2.05, 4.69) is 39.8 Å². The van der Waals surface area contributed by atoms with Crippen molar-refractivity contribution in [2.75, 3.05) is 30.7 Å². The molecule has 0 bridgehead atoms. The van der Waals surface area contributed by atoms with E-state index in [4.69, 9.17) is 28.9 Å². The largest absolute Gasteiger partial charge is 0.397 e. The van der Waals surface area contributed by atoms with Crippen LogP contribution >= 0.6 is 23.2 Å². The molecule has 1 saturated heterocycles. The lowest BCUT2D eigenvalue weighted by Crippen LogP contribution is -2.48. The number of likely N-dealkylation sites (tertiary alicyclic amines) is 1. The Bertz CT molecular complexity index is 823. The predicted molar refractivity (Wildman–Crippen MR) is 122 cm³/mol. The smallest absolute Gasteiger partial charge is 0.242 e. The van der Waals surface area contributed by atoms with Crippen LogP contribution in [0.3, 0.4) is 0 Å². The summed E-state index contributed by atoms with van der Waals surface area (Å²) in [6, 6.07) is 13.5. The average molecular weight is 435 g/mol. The third-order valence-corrected chi connectivity index (χ3v) is 5.99. The van der Waals surface area contributed by atoms with E-state index in [0.29, 0.717) is 21.4 Å². The lowest BCUT2D eigenvalue weighted by molar-refractivity contribution is -0.122. The van der Waals surface area contributed by atoms with Gasteiger partial charge in [-0.05, 0) is 43.9 Å². The van der Waals surface area contributed by atoms with Gasteiger partial charge in [-0.25, -0.2) is 0 Å². The number of halogens is 2. The molecule has 0 spiro atoms. The van der Waals surface area contributed by atoms with Crippen LogP contribution in [0.2, 0.25) is 10.0 Å². The first-order chi connectivity index (χ1) is 13.9. The van der Waals surface area contributed by atoms with Gasteiger partial charge in [0, 0.05) is 25.7 Å². The second kappa shape index (κ2) is 10.2. The molecule has 1 amide bonds. The molecule has 1 fully saturated rings. The number of rotatable bonds is 7. The summed E-state index contributed by atoms with van der Waals surface area (Å²) in [5.74, 6) is -0.0447. The van der Waals surface area contributed by atoms with Crippen LogP contribution in [0.25, 0.3) is 0 Å². The van der Waals surface area contributed by atoms with Gasteiger partial charge in [0.15, 0.2) is 0 Å². The molecular formula is C22H28Cl2N4O. The molecule has 7 heteroatoms. The summed E-state index contributed by atoms with van der Waals surface area (Å²) in [7, 11) is 0. The molecule has 1 unspecified atom stereocenters. The van der Waals surface area contributed by atoms with Gasteiger partial charge in [-0.1, -0.05) is 53.5 Å². The number of anilines is 2. The van der Waals surface area contributed by atoms with Gasteiger partial charge < -0.3 is 21.3 Å². The molecule has 2 aromatic rings. The van der Waals surface area contributed by atoms with Gasteiger partial charge in [-0.2, -0.15) is 0 Å². The number of amides is 1. The van der Waals surface area contributed by atoms with Crippen molar-refractivity contribution < 1.29 is 4.79 Å². The Labute approximate surface area is 182 Å². The molecule has 156 valence electrons. The van der Waals surface area contributed by atoms with Gasteiger partial charge in [-0.3, -0.25) is 4.79 Å². The van der Waals surface area contributed by atoms with Crippen LogP contribution in [0.1, 0.15) is 25.3 Å². The number of nitrogens with two attached hydrogens (primary N) is 1. The highest BCUT2D eigenvalue weighted by Crippen LogP contribution is 2.31. The second-order valence-electron chi connectivity index (χ2n) is 7.58. The van der Waals surface area contributed by atoms with E-state index in [0.717, 1.165) is 38.9 Å². The fourth-order valence-corrected chi connectivity index (χ4v) is 3.92. The SMILES string of the molecule is CC(Nc1cc(Cl)c(N)cc1Cl)C(=O)NC1CCN(CCc2ccccc2)CC1. The van der Waals surface area contributed by atoms with E-state index < -0.39 is 6.04 Å². The predicted octanol–water partition coefficient (Wildman–Crippen LogP) is 4.20. The first kappa shape index (κ1) is 21.8. The van der Waals surface area contributed by atoms with Crippen molar-refractivity contribution >= 4 is 40.5 Å². The molecule has 0 aromatic heterocycles. The van der Waals surface area contributed by atoms with Crippen LogP contribution in [0.5, 0.6) is 0 Å². The molecule has 29 heavy (non-hydrogen) atoms. The van der Waals surface area contributed by atoms with E-state index in [9.17, 15) is 4.79 Å². The Kier molecular flexibility index (Phi) is 7.64. The number of carbonyl (C=O) groups is 1. The van der Waals surface area contributed by atoms with Crippen molar-refractivity contribution in [3.8, 4) is 0 Å². The zero-order valence-corrected chi connectivity index (χ0v) is 18.1. The van der Waals surface area contributed by atoms with E-state index in [1.54, 1.807) is 12.1 Å². The maximum atomic E-state index is 12.6. The van der Waals surface area contributed by atoms with Crippen LogP contribution in [0.4, 0.5) is 11.4 Å². The van der Waals surface area contributed by atoms with Crippen LogP contribution in [0, 0.1) is 0 Å². The first-order valence-electron chi connectivity index (χ1n) is 10.00. The standard InChI is InChI=1S/C22H28Cl2N4O/c1-15(26-21-14-18(23)20(25)13-19(21)24)22(29)27-17-8-11-28(12-9-17)10-7-16-5-3-2-4-6-16/h2-6,13-15,17,26H,7-12,25H2,1H3,(H,27,29). The van der Waals surface area contributed by atoms with Gasteiger partial charge in [0.1, 0.15) is 6.04 Å². The number of benzene rings is 2. The number of nitrogens with one attached hydrogen (secondary N) is 2. The van der Waals surface area contributed by atoms with Crippen molar-refractivity contribution in [1.29, 1.82) is 0 Å². The number of hydrogen-bond acceptors (Lipinski definition) is 4. The lowest BCUT2D eigenvalue weighted by atomic mass is 10.0. The summed E-state index contributed by atoms with van der Waals surface area (Å²) < 4.78 is 0. The zero-order valence-electron chi connectivity index (χ0n) is 16.6. The van der Waals surface area contributed by atoms with Crippen LogP contribution < -0.4 is 16.4 Å². The summed E-state index contributed by atoms with van der Waals surface area (Å²) in [6.07, 6.45) is 2.98. The highest BCUT2D eigenvalue weighted by Gasteiger charge is 2.23. The van der Waals surface area contributed by atoms with E-state index in [-0.39, 0.29) is 11.9 Å². The molecule has 1 heterocycles. The van der Waals surface area contributed by atoms with Gasteiger partial charge in [-0.15, -0.1) is 0 Å². The van der Waals surface area contributed by atoms with Gasteiger partial charge in [0.05, 0.1) is 21.4 Å². The number of piperidine rings is 1. The molecule has 1 aliphatic rings. The van der Waals surface area contributed by atoms with Crippen molar-refractivity contribution in [2.45, 2.75) is 38.3 Å². The first-order valence-corrected chi connectivity index (χ1v) is 10.8. The Morgan fingerprint density at radius 3 is 2.55 bits per heavy atom. The summed E-state index contributed by atoms with van der Waals surface area (Å²) in [5.41, 5.74) is 8.12. The molecule has 3 rings (SSSR count). The molecule has 5 nitrogen and oxygen atoms in total. The molecule has 1 atom stereocenters. The topological polar surface area (TPSA) is 70.4 Å². The van der Waals surface area contributed by atoms with Gasteiger partial charge >= 0.3 is 0 Å². The third kappa shape index (κ3) is 6.26. The molecule has 2 aromatic carbocycles. The van der Waals surface area contributed by atoms with Crippen molar-refractivity contribution in [2.24, 2.45) is 0 Å².